The SMILES string of the molecule is CC1CCc2cnn(C)c2C1C(=O)O. The number of hydrogen-bond acceptors (Lipinski definition) is 2. The number of carboxylic acids is 1. The molecule has 1 aromatic rings. The van der Waals surface area contributed by atoms with Gasteiger partial charge in [-0.3, -0.25) is 9.48 Å². The molecule has 14 heavy (non-hydrogen) atoms. The second-order valence-electron chi connectivity index (χ2n) is 4.01. The Hall–Kier alpha value is -1.32. The van der Waals surface area contributed by atoms with E-state index in [-0.39, 0.29) is 11.8 Å². The molecule has 1 N–H and O–H groups in total. The molecule has 1 heterocycles. The van der Waals surface area contributed by atoms with Crippen LogP contribution in [0.4, 0.5) is 0 Å². The topological polar surface area (TPSA) is 55.1 Å². The molecule has 1 aromatic heterocycles. The molecule has 0 saturated heterocycles. The summed E-state index contributed by atoms with van der Waals surface area (Å²) in [6.07, 6.45) is 3.68. The summed E-state index contributed by atoms with van der Waals surface area (Å²) in [4.78, 5) is 11.1. The molecule has 0 saturated carbocycles. The molecule has 1 aliphatic rings. The highest BCUT2D eigenvalue weighted by Gasteiger charge is 2.34. The van der Waals surface area contributed by atoms with E-state index in [1.807, 2.05) is 14.0 Å². The van der Waals surface area contributed by atoms with E-state index in [9.17, 15) is 4.79 Å². The number of aryl methyl sites for hydroxylation is 2. The first-order chi connectivity index (χ1) is 6.61. The predicted molar refractivity (Wildman–Crippen MR) is 51.1 cm³/mol. The molecule has 0 bridgehead atoms. The summed E-state index contributed by atoms with van der Waals surface area (Å²) in [5.41, 5.74) is 1.98. The van der Waals surface area contributed by atoms with Gasteiger partial charge in [-0.15, -0.1) is 0 Å². The molecule has 0 aromatic carbocycles. The monoisotopic (exact) mass is 194 g/mol. The van der Waals surface area contributed by atoms with Gasteiger partial charge < -0.3 is 5.11 Å². The van der Waals surface area contributed by atoms with Gasteiger partial charge in [0, 0.05) is 7.05 Å². The number of carboxylic acid groups (broad SMARTS) is 1. The van der Waals surface area contributed by atoms with Crippen LogP contribution in [-0.4, -0.2) is 20.9 Å². The molecule has 0 spiro atoms. The predicted octanol–water partition coefficient (Wildman–Crippen LogP) is 1.17. The highest BCUT2D eigenvalue weighted by Crippen LogP contribution is 2.35. The summed E-state index contributed by atoms with van der Waals surface area (Å²) in [6.45, 7) is 1.99. The third-order valence-electron chi connectivity index (χ3n) is 3.06. The number of hydrogen-bond donors (Lipinski definition) is 1. The smallest absolute Gasteiger partial charge is 0.312 e. The Bertz CT molecular complexity index is 370. The van der Waals surface area contributed by atoms with E-state index < -0.39 is 5.97 Å². The number of fused-ring (bicyclic) bond motifs is 1. The van der Waals surface area contributed by atoms with Crippen molar-refractivity contribution in [1.29, 1.82) is 0 Å². The minimum atomic E-state index is -0.734. The van der Waals surface area contributed by atoms with Crippen LogP contribution < -0.4 is 0 Å². The van der Waals surface area contributed by atoms with Crippen LogP contribution in [0.3, 0.4) is 0 Å². The molecular weight excluding hydrogens is 180 g/mol. The standard InChI is InChI=1S/C10H14N2O2/c1-6-3-4-7-5-11-12(2)9(7)8(6)10(13)14/h5-6,8H,3-4H2,1-2H3,(H,13,14). The zero-order valence-electron chi connectivity index (χ0n) is 8.40. The fourth-order valence-electron chi connectivity index (χ4n) is 2.27. The van der Waals surface area contributed by atoms with Gasteiger partial charge in [0.1, 0.15) is 5.92 Å². The number of aliphatic carboxylic acids is 1. The molecule has 0 fully saturated rings. The molecule has 1 aliphatic carbocycles. The lowest BCUT2D eigenvalue weighted by Gasteiger charge is -2.26. The lowest BCUT2D eigenvalue weighted by atomic mass is 9.79. The Labute approximate surface area is 82.5 Å². The van der Waals surface area contributed by atoms with Crippen LogP contribution in [0.2, 0.25) is 0 Å². The zero-order valence-corrected chi connectivity index (χ0v) is 8.40. The quantitative estimate of drug-likeness (QED) is 0.730. The summed E-state index contributed by atoms with van der Waals surface area (Å²) in [7, 11) is 1.81. The number of aromatic nitrogens is 2. The maximum atomic E-state index is 11.1. The van der Waals surface area contributed by atoms with E-state index in [0.717, 1.165) is 24.1 Å². The van der Waals surface area contributed by atoms with Gasteiger partial charge in [-0.1, -0.05) is 6.92 Å². The molecular formula is C10H14N2O2. The van der Waals surface area contributed by atoms with E-state index in [2.05, 4.69) is 5.10 Å². The van der Waals surface area contributed by atoms with Crippen molar-refractivity contribution in [3.05, 3.63) is 17.5 Å². The van der Waals surface area contributed by atoms with Crippen molar-refractivity contribution in [2.24, 2.45) is 13.0 Å². The van der Waals surface area contributed by atoms with Crippen molar-refractivity contribution in [3.63, 3.8) is 0 Å². The first-order valence-corrected chi connectivity index (χ1v) is 4.85. The van der Waals surface area contributed by atoms with Crippen LogP contribution in [0.25, 0.3) is 0 Å². The van der Waals surface area contributed by atoms with E-state index in [4.69, 9.17) is 5.11 Å². The van der Waals surface area contributed by atoms with Gasteiger partial charge in [0.25, 0.3) is 0 Å². The Morgan fingerprint density at radius 3 is 3.07 bits per heavy atom. The fraction of sp³-hybridized carbons (Fsp3) is 0.600. The van der Waals surface area contributed by atoms with Gasteiger partial charge >= 0.3 is 5.97 Å². The van der Waals surface area contributed by atoms with Crippen molar-refractivity contribution < 1.29 is 9.90 Å². The van der Waals surface area contributed by atoms with Gasteiger partial charge in [-0.2, -0.15) is 5.10 Å². The average Bonchev–Trinajstić information content (AvgIpc) is 2.47. The van der Waals surface area contributed by atoms with Crippen LogP contribution >= 0.6 is 0 Å². The van der Waals surface area contributed by atoms with Crippen LogP contribution in [0, 0.1) is 5.92 Å². The van der Waals surface area contributed by atoms with E-state index in [1.54, 1.807) is 10.9 Å². The van der Waals surface area contributed by atoms with Gasteiger partial charge in [-0.25, -0.2) is 0 Å². The van der Waals surface area contributed by atoms with Gasteiger partial charge in [0.2, 0.25) is 0 Å². The first kappa shape index (κ1) is 9.24. The Kier molecular flexibility index (Phi) is 2.06. The van der Waals surface area contributed by atoms with Gasteiger partial charge in [-0.05, 0) is 24.3 Å². The normalized spacial score (nSPS) is 25.9. The Morgan fingerprint density at radius 1 is 1.71 bits per heavy atom. The van der Waals surface area contributed by atoms with E-state index in [0.29, 0.717) is 0 Å². The van der Waals surface area contributed by atoms with Crippen molar-refractivity contribution in [3.8, 4) is 0 Å². The van der Waals surface area contributed by atoms with Crippen molar-refractivity contribution in [2.75, 3.05) is 0 Å². The van der Waals surface area contributed by atoms with Crippen LogP contribution in [0.5, 0.6) is 0 Å². The van der Waals surface area contributed by atoms with Crippen LogP contribution in [0.1, 0.15) is 30.5 Å². The van der Waals surface area contributed by atoms with E-state index in [1.165, 1.54) is 0 Å². The molecule has 2 unspecified atom stereocenters. The second kappa shape index (κ2) is 3.12. The first-order valence-electron chi connectivity index (χ1n) is 4.85. The number of rotatable bonds is 1. The molecule has 4 nitrogen and oxygen atoms in total. The van der Waals surface area contributed by atoms with E-state index >= 15 is 0 Å². The highest BCUT2D eigenvalue weighted by molar-refractivity contribution is 5.76. The summed E-state index contributed by atoms with van der Waals surface area (Å²) in [5.74, 6) is -0.913. The maximum absolute atomic E-state index is 11.1. The summed E-state index contributed by atoms with van der Waals surface area (Å²) < 4.78 is 1.70. The minimum absolute atomic E-state index is 0.204. The fourth-order valence-corrected chi connectivity index (χ4v) is 2.27. The third kappa shape index (κ3) is 1.22. The van der Waals surface area contributed by atoms with Crippen molar-refractivity contribution in [2.45, 2.75) is 25.7 Å². The molecule has 2 atom stereocenters. The van der Waals surface area contributed by atoms with Gasteiger partial charge in [0.05, 0.1) is 11.9 Å². The summed E-state index contributed by atoms with van der Waals surface area (Å²) >= 11 is 0. The molecule has 0 amide bonds. The van der Waals surface area contributed by atoms with Crippen molar-refractivity contribution in [1.82, 2.24) is 9.78 Å². The van der Waals surface area contributed by atoms with Crippen LogP contribution in [-0.2, 0) is 18.3 Å². The Morgan fingerprint density at radius 2 is 2.43 bits per heavy atom. The largest absolute Gasteiger partial charge is 0.481 e. The summed E-state index contributed by atoms with van der Waals surface area (Å²) in [5, 5.41) is 13.3. The third-order valence-corrected chi connectivity index (χ3v) is 3.06. The second-order valence-corrected chi connectivity index (χ2v) is 4.01. The lowest BCUT2D eigenvalue weighted by molar-refractivity contribution is -0.140. The lowest BCUT2D eigenvalue weighted by Crippen LogP contribution is -2.27. The average molecular weight is 194 g/mol. The molecule has 2 rings (SSSR count). The maximum Gasteiger partial charge on any atom is 0.312 e. The summed E-state index contributed by atoms with van der Waals surface area (Å²) in [6, 6.07) is 0. The van der Waals surface area contributed by atoms with Crippen LogP contribution in [0.15, 0.2) is 6.20 Å². The van der Waals surface area contributed by atoms with Crippen molar-refractivity contribution >= 4 is 5.97 Å². The molecule has 0 radical (unpaired) electrons. The zero-order chi connectivity index (χ0) is 10.3. The molecule has 0 aliphatic heterocycles. The Balaban J connectivity index is 2.50. The highest BCUT2D eigenvalue weighted by atomic mass is 16.4. The van der Waals surface area contributed by atoms with Gasteiger partial charge in [0.15, 0.2) is 0 Å². The molecule has 76 valence electrons. The number of carbonyl (C=O) groups is 1. The molecule has 4 heteroatoms. The number of nitrogens with zero attached hydrogens (tertiary/aromatic N) is 2. The minimum Gasteiger partial charge on any atom is -0.481 e.